The number of carbonyl (C=O) groups is 1. The van der Waals surface area contributed by atoms with E-state index in [1.165, 1.54) is 4.88 Å². The molecule has 0 bridgehead atoms. The van der Waals surface area contributed by atoms with E-state index in [2.05, 4.69) is 35.3 Å². The topological polar surface area (TPSA) is 62.3 Å². The molecular formula is C25H23NO3S. The summed E-state index contributed by atoms with van der Waals surface area (Å²) in [6.45, 7) is 0.577. The first-order chi connectivity index (χ1) is 14.7. The first kappa shape index (κ1) is 20.0. The normalized spacial score (nSPS) is 10.8. The van der Waals surface area contributed by atoms with E-state index in [0.29, 0.717) is 19.4 Å². The van der Waals surface area contributed by atoms with Crippen molar-refractivity contribution in [2.45, 2.75) is 25.9 Å². The number of rotatable bonds is 9. The molecule has 4 aromatic rings. The van der Waals surface area contributed by atoms with E-state index in [1.807, 2.05) is 48.0 Å². The minimum atomic E-state index is -0.784. The second-order valence-electron chi connectivity index (χ2n) is 7.11. The molecule has 4 nitrogen and oxygen atoms in total. The minimum absolute atomic E-state index is 0.111. The van der Waals surface area contributed by atoms with Crippen LogP contribution in [0.15, 0.2) is 78.3 Å². The lowest BCUT2D eigenvalue weighted by Crippen LogP contribution is -2.01. The molecular weight excluding hydrogens is 394 g/mol. The Hall–Kier alpha value is -3.31. The molecule has 152 valence electrons. The summed E-state index contributed by atoms with van der Waals surface area (Å²) in [4.78, 5) is 15.7. The molecule has 2 aromatic heterocycles. The molecule has 0 aliphatic carbocycles. The number of thiophene rings is 1. The largest absolute Gasteiger partial charge is 0.488 e. The third-order valence-corrected chi connectivity index (χ3v) is 5.87. The maximum atomic E-state index is 11.2. The van der Waals surface area contributed by atoms with E-state index in [4.69, 9.17) is 4.74 Å². The Labute approximate surface area is 179 Å². The number of hydrogen-bond acceptors (Lipinski definition) is 3. The van der Waals surface area contributed by atoms with Crippen LogP contribution in [0.3, 0.4) is 0 Å². The first-order valence-electron chi connectivity index (χ1n) is 9.89. The van der Waals surface area contributed by atoms with Gasteiger partial charge in [-0.3, -0.25) is 4.79 Å². The van der Waals surface area contributed by atoms with Crippen LogP contribution in [0.1, 0.15) is 28.1 Å². The monoisotopic (exact) mass is 417 g/mol. The van der Waals surface area contributed by atoms with Crippen molar-refractivity contribution in [3.8, 4) is 16.9 Å². The van der Waals surface area contributed by atoms with Crippen molar-refractivity contribution in [1.29, 1.82) is 0 Å². The highest BCUT2D eigenvalue weighted by Crippen LogP contribution is 2.29. The van der Waals surface area contributed by atoms with Gasteiger partial charge in [-0.1, -0.05) is 48.5 Å². The summed E-state index contributed by atoms with van der Waals surface area (Å²) in [5, 5.41) is 11.2. The molecule has 0 amide bonds. The summed E-state index contributed by atoms with van der Waals surface area (Å²) in [7, 11) is 0. The molecule has 0 unspecified atom stereocenters. The highest BCUT2D eigenvalue weighted by molar-refractivity contribution is 7.09. The standard InChI is InChI=1S/C25H23NO3S/c27-25(28)13-12-22-23(19-5-2-1-3-6-19)16-26-24(22)15-18-8-10-20(11-9-18)29-17-21-7-4-14-30-21/h1-11,14,16,26H,12-13,15,17H2,(H,27,28). The Bertz CT molecular complexity index is 1080. The molecule has 4 rings (SSSR count). The molecule has 0 saturated carbocycles. The predicted octanol–water partition coefficient (Wildman–Crippen LogP) is 5.93. The van der Waals surface area contributed by atoms with Gasteiger partial charge in [0.1, 0.15) is 12.4 Å². The number of carboxylic acid groups (broad SMARTS) is 1. The van der Waals surface area contributed by atoms with Crippen molar-refractivity contribution in [2.75, 3.05) is 0 Å². The van der Waals surface area contributed by atoms with Gasteiger partial charge >= 0.3 is 5.97 Å². The molecule has 0 atom stereocenters. The zero-order valence-electron chi connectivity index (χ0n) is 16.5. The highest BCUT2D eigenvalue weighted by Gasteiger charge is 2.14. The van der Waals surface area contributed by atoms with E-state index in [-0.39, 0.29) is 6.42 Å². The second kappa shape index (κ2) is 9.46. The Morgan fingerprint density at radius 3 is 2.50 bits per heavy atom. The smallest absolute Gasteiger partial charge is 0.303 e. The molecule has 2 N–H and O–H groups in total. The SMILES string of the molecule is O=C(O)CCc1c(-c2ccccc2)c[nH]c1Cc1ccc(OCc2cccs2)cc1. The van der Waals surface area contributed by atoms with Crippen molar-refractivity contribution < 1.29 is 14.6 Å². The number of aliphatic carboxylic acids is 1. The van der Waals surface area contributed by atoms with Crippen LogP contribution in [0.4, 0.5) is 0 Å². The van der Waals surface area contributed by atoms with E-state index < -0.39 is 5.97 Å². The number of nitrogens with one attached hydrogen (secondary N) is 1. The molecule has 2 aromatic carbocycles. The molecule has 0 aliphatic rings. The van der Waals surface area contributed by atoms with Gasteiger partial charge in [-0.2, -0.15) is 0 Å². The lowest BCUT2D eigenvalue weighted by molar-refractivity contribution is -0.136. The fraction of sp³-hybridized carbons (Fsp3) is 0.160. The van der Waals surface area contributed by atoms with Gasteiger partial charge < -0.3 is 14.8 Å². The van der Waals surface area contributed by atoms with Crippen LogP contribution >= 0.6 is 11.3 Å². The highest BCUT2D eigenvalue weighted by atomic mass is 32.1. The van der Waals surface area contributed by atoms with Gasteiger partial charge in [-0.05, 0) is 46.7 Å². The molecule has 0 spiro atoms. The summed E-state index contributed by atoms with van der Waals surface area (Å²) in [6, 6.07) is 22.3. The Kier molecular flexibility index (Phi) is 6.30. The van der Waals surface area contributed by atoms with E-state index in [1.54, 1.807) is 11.3 Å². The maximum Gasteiger partial charge on any atom is 0.303 e. The van der Waals surface area contributed by atoms with Crippen molar-refractivity contribution >= 4 is 17.3 Å². The molecule has 0 saturated heterocycles. The van der Waals surface area contributed by atoms with E-state index >= 15 is 0 Å². The van der Waals surface area contributed by atoms with Crippen LogP contribution in [-0.4, -0.2) is 16.1 Å². The van der Waals surface area contributed by atoms with Gasteiger partial charge in [0.25, 0.3) is 0 Å². The number of hydrogen-bond donors (Lipinski definition) is 2. The average Bonchev–Trinajstić information content (AvgIpc) is 3.42. The van der Waals surface area contributed by atoms with Gasteiger partial charge in [0.05, 0.1) is 0 Å². The number of aromatic amines is 1. The van der Waals surface area contributed by atoms with Crippen LogP contribution < -0.4 is 4.74 Å². The van der Waals surface area contributed by atoms with Crippen molar-refractivity contribution in [3.63, 3.8) is 0 Å². The van der Waals surface area contributed by atoms with Crippen LogP contribution in [0.25, 0.3) is 11.1 Å². The number of aromatic nitrogens is 1. The molecule has 5 heteroatoms. The number of ether oxygens (including phenoxy) is 1. The van der Waals surface area contributed by atoms with Crippen LogP contribution in [0.5, 0.6) is 5.75 Å². The minimum Gasteiger partial charge on any atom is -0.488 e. The first-order valence-corrected chi connectivity index (χ1v) is 10.8. The average molecular weight is 418 g/mol. The third-order valence-electron chi connectivity index (χ3n) is 5.02. The lowest BCUT2D eigenvalue weighted by atomic mass is 9.97. The number of benzene rings is 2. The van der Waals surface area contributed by atoms with Crippen molar-refractivity contribution in [3.05, 3.63) is 100 Å². The summed E-state index contributed by atoms with van der Waals surface area (Å²) >= 11 is 1.68. The van der Waals surface area contributed by atoms with Crippen molar-refractivity contribution in [2.24, 2.45) is 0 Å². The van der Waals surface area contributed by atoms with Crippen LogP contribution in [-0.2, 0) is 24.2 Å². The number of carboxylic acids is 1. The second-order valence-corrected chi connectivity index (χ2v) is 8.14. The fourth-order valence-corrected chi connectivity index (χ4v) is 4.12. The maximum absolute atomic E-state index is 11.2. The van der Waals surface area contributed by atoms with Gasteiger partial charge in [0.2, 0.25) is 0 Å². The Morgan fingerprint density at radius 2 is 1.80 bits per heavy atom. The van der Waals surface area contributed by atoms with Gasteiger partial charge in [-0.15, -0.1) is 11.3 Å². The predicted molar refractivity (Wildman–Crippen MR) is 120 cm³/mol. The van der Waals surface area contributed by atoms with Crippen LogP contribution in [0.2, 0.25) is 0 Å². The lowest BCUT2D eigenvalue weighted by Gasteiger charge is -2.09. The summed E-state index contributed by atoms with van der Waals surface area (Å²) < 4.78 is 5.84. The van der Waals surface area contributed by atoms with Gasteiger partial charge in [-0.25, -0.2) is 0 Å². The summed E-state index contributed by atoms with van der Waals surface area (Å²) in [6.07, 6.45) is 3.31. The molecule has 0 fully saturated rings. The third kappa shape index (κ3) is 4.99. The zero-order chi connectivity index (χ0) is 20.8. The van der Waals surface area contributed by atoms with Crippen molar-refractivity contribution in [1.82, 2.24) is 4.98 Å². The Balaban J connectivity index is 1.50. The molecule has 0 aliphatic heterocycles. The summed E-state index contributed by atoms with van der Waals surface area (Å²) in [5.74, 6) is 0.0584. The van der Waals surface area contributed by atoms with E-state index in [9.17, 15) is 9.90 Å². The fourth-order valence-electron chi connectivity index (χ4n) is 3.50. The van der Waals surface area contributed by atoms with Gasteiger partial charge in [0.15, 0.2) is 0 Å². The molecule has 2 heterocycles. The van der Waals surface area contributed by atoms with Gasteiger partial charge in [0, 0.05) is 35.2 Å². The Morgan fingerprint density at radius 1 is 1.00 bits per heavy atom. The summed E-state index contributed by atoms with van der Waals surface area (Å²) in [5.41, 5.74) is 5.45. The molecule has 30 heavy (non-hydrogen) atoms. The zero-order valence-corrected chi connectivity index (χ0v) is 17.3. The van der Waals surface area contributed by atoms with E-state index in [0.717, 1.165) is 33.7 Å². The molecule has 0 radical (unpaired) electrons. The number of H-pyrrole nitrogens is 1. The quantitative estimate of drug-likeness (QED) is 0.355. The van der Waals surface area contributed by atoms with Crippen LogP contribution in [0, 0.1) is 0 Å².